The van der Waals surface area contributed by atoms with E-state index in [4.69, 9.17) is 9.47 Å². The Balaban J connectivity index is 1.14. The van der Waals surface area contributed by atoms with Gasteiger partial charge in [-0.2, -0.15) is 0 Å². The van der Waals surface area contributed by atoms with Gasteiger partial charge in [0.2, 0.25) is 11.8 Å². The van der Waals surface area contributed by atoms with Gasteiger partial charge in [0.1, 0.15) is 18.0 Å². The summed E-state index contributed by atoms with van der Waals surface area (Å²) in [7, 11) is 0. The van der Waals surface area contributed by atoms with Crippen molar-refractivity contribution in [1.82, 2.24) is 9.88 Å². The Morgan fingerprint density at radius 3 is 2.71 bits per heavy atom. The fourth-order valence-corrected chi connectivity index (χ4v) is 5.89. The van der Waals surface area contributed by atoms with Gasteiger partial charge in [-0.15, -0.1) is 0 Å². The zero-order valence-electron chi connectivity index (χ0n) is 21.1. The van der Waals surface area contributed by atoms with Crippen molar-refractivity contribution in [2.45, 2.75) is 56.5 Å². The molecule has 196 valence electrons. The number of benzene rings is 2. The molecule has 8 nitrogen and oxygen atoms in total. The van der Waals surface area contributed by atoms with Crippen molar-refractivity contribution in [1.29, 1.82) is 0 Å². The van der Waals surface area contributed by atoms with E-state index in [9.17, 15) is 14.7 Å². The molecule has 3 aliphatic rings. The van der Waals surface area contributed by atoms with Crippen LogP contribution < -0.4 is 10.1 Å². The number of aliphatic hydroxyl groups excluding tert-OH is 1. The van der Waals surface area contributed by atoms with Crippen molar-refractivity contribution in [3.63, 3.8) is 0 Å². The maximum atomic E-state index is 13.2. The maximum absolute atomic E-state index is 13.2. The van der Waals surface area contributed by atoms with Crippen LogP contribution in [0.5, 0.6) is 5.75 Å². The van der Waals surface area contributed by atoms with Gasteiger partial charge in [-0.3, -0.25) is 14.6 Å². The summed E-state index contributed by atoms with van der Waals surface area (Å²) in [6.07, 6.45) is 4.15. The smallest absolute Gasteiger partial charge is 0.228 e. The van der Waals surface area contributed by atoms with Crippen LogP contribution in [0.4, 0.5) is 5.69 Å². The molecule has 0 aliphatic carbocycles. The number of pyridine rings is 1. The van der Waals surface area contributed by atoms with E-state index in [1.807, 2.05) is 47.4 Å². The number of carbonyl (C=O) groups excluding carboxylic acids is 2. The lowest BCUT2D eigenvalue weighted by atomic mass is 9.84. The van der Waals surface area contributed by atoms with Gasteiger partial charge in [-0.1, -0.05) is 24.3 Å². The summed E-state index contributed by atoms with van der Waals surface area (Å²) in [5.41, 5.74) is 5.06. The summed E-state index contributed by atoms with van der Waals surface area (Å²) < 4.78 is 12.4. The quantitative estimate of drug-likeness (QED) is 0.525. The number of nitrogens with one attached hydrogen (secondary N) is 1. The first kappa shape index (κ1) is 24.6. The molecule has 3 aromatic rings. The Morgan fingerprint density at radius 2 is 1.89 bits per heavy atom. The highest BCUT2D eigenvalue weighted by Crippen LogP contribution is 2.47. The molecule has 1 saturated heterocycles. The van der Waals surface area contributed by atoms with Crippen molar-refractivity contribution in [3.8, 4) is 5.75 Å². The number of anilines is 1. The number of carbonyl (C=O) groups is 2. The summed E-state index contributed by atoms with van der Waals surface area (Å²) in [5.74, 6) is 0.649. The Bertz CT molecular complexity index is 1330. The normalized spacial score (nSPS) is 23.6. The number of aliphatic hydroxyl groups is 1. The van der Waals surface area contributed by atoms with Crippen molar-refractivity contribution >= 4 is 17.5 Å². The number of fused-ring (bicyclic) bond motifs is 4. The minimum Gasteiger partial charge on any atom is -0.487 e. The maximum Gasteiger partial charge on any atom is 0.228 e. The highest BCUT2D eigenvalue weighted by molar-refractivity contribution is 5.92. The third-order valence-electron chi connectivity index (χ3n) is 7.78. The molecule has 2 amide bonds. The first-order valence-electron chi connectivity index (χ1n) is 13.2. The third kappa shape index (κ3) is 5.01. The van der Waals surface area contributed by atoms with E-state index < -0.39 is 6.10 Å². The number of hydrogen-bond acceptors (Lipinski definition) is 6. The van der Waals surface area contributed by atoms with Crippen molar-refractivity contribution in [3.05, 3.63) is 89.2 Å². The molecule has 38 heavy (non-hydrogen) atoms. The molecule has 0 unspecified atom stereocenters. The molecule has 6 rings (SSSR count). The molecule has 2 N–H and O–H groups in total. The lowest BCUT2D eigenvalue weighted by molar-refractivity contribution is -0.149. The average molecular weight is 514 g/mol. The van der Waals surface area contributed by atoms with Gasteiger partial charge < -0.3 is 24.8 Å². The van der Waals surface area contributed by atoms with Gasteiger partial charge in [-0.05, 0) is 59.9 Å². The molecule has 0 bridgehead atoms. The minimum absolute atomic E-state index is 0.0344. The number of ether oxygens (including phenoxy) is 2. The number of aromatic nitrogens is 1. The van der Waals surface area contributed by atoms with Gasteiger partial charge in [0.05, 0.1) is 25.6 Å². The van der Waals surface area contributed by atoms with Gasteiger partial charge in [0, 0.05) is 42.7 Å². The van der Waals surface area contributed by atoms with Crippen molar-refractivity contribution in [2.24, 2.45) is 0 Å². The van der Waals surface area contributed by atoms with Crippen LogP contribution in [0.2, 0.25) is 0 Å². The highest BCUT2D eigenvalue weighted by atomic mass is 16.6. The largest absolute Gasteiger partial charge is 0.487 e. The van der Waals surface area contributed by atoms with Crippen LogP contribution in [0, 0.1) is 0 Å². The highest BCUT2D eigenvalue weighted by Gasteiger charge is 2.46. The molecular formula is C30H31N3O5. The van der Waals surface area contributed by atoms with E-state index in [0.29, 0.717) is 25.2 Å². The molecule has 2 aromatic carbocycles. The molecule has 4 atom stereocenters. The van der Waals surface area contributed by atoms with E-state index in [-0.39, 0.29) is 49.4 Å². The van der Waals surface area contributed by atoms with E-state index >= 15 is 0 Å². The summed E-state index contributed by atoms with van der Waals surface area (Å²) in [4.78, 5) is 31.7. The Labute approximate surface area is 221 Å². The SMILES string of the molecule is O=C(Cc1ccncc1)Nc1ccc2c(c1)[C@H]1C[C@H](CC(=O)N3CCc4ccccc4C3)O[C@H](CO)[C@H]1O2. The molecular weight excluding hydrogens is 482 g/mol. The number of rotatable bonds is 6. The van der Waals surface area contributed by atoms with E-state index in [0.717, 1.165) is 23.3 Å². The first-order chi connectivity index (χ1) is 18.6. The second-order valence-electron chi connectivity index (χ2n) is 10.3. The monoisotopic (exact) mass is 513 g/mol. The van der Waals surface area contributed by atoms with Gasteiger partial charge in [0.25, 0.3) is 0 Å². The van der Waals surface area contributed by atoms with Gasteiger partial charge in [0.15, 0.2) is 0 Å². The molecule has 1 fully saturated rings. The molecule has 0 radical (unpaired) electrons. The van der Waals surface area contributed by atoms with Crippen LogP contribution in [0.15, 0.2) is 67.0 Å². The summed E-state index contributed by atoms with van der Waals surface area (Å²) in [6, 6.07) is 17.5. The second-order valence-corrected chi connectivity index (χ2v) is 10.3. The van der Waals surface area contributed by atoms with E-state index in [1.54, 1.807) is 12.4 Å². The van der Waals surface area contributed by atoms with Crippen molar-refractivity contribution in [2.75, 3.05) is 18.5 Å². The first-order valence-corrected chi connectivity index (χ1v) is 13.2. The van der Waals surface area contributed by atoms with Crippen LogP contribution in [-0.4, -0.2) is 58.3 Å². The fraction of sp³-hybridized carbons (Fsp3) is 0.367. The van der Waals surface area contributed by atoms with Crippen LogP contribution in [0.1, 0.15) is 41.0 Å². The van der Waals surface area contributed by atoms with E-state index in [1.165, 1.54) is 11.1 Å². The topological polar surface area (TPSA) is 101 Å². The second kappa shape index (κ2) is 10.6. The third-order valence-corrected chi connectivity index (χ3v) is 7.78. The number of nitrogens with zero attached hydrogens (tertiary/aromatic N) is 2. The van der Waals surface area contributed by atoms with Crippen LogP contribution in [-0.2, 0) is 33.7 Å². The molecule has 3 aliphatic heterocycles. The predicted octanol–water partition coefficient (Wildman–Crippen LogP) is 3.23. The van der Waals surface area contributed by atoms with Crippen LogP contribution >= 0.6 is 0 Å². The van der Waals surface area contributed by atoms with Crippen molar-refractivity contribution < 1.29 is 24.2 Å². The molecule has 0 spiro atoms. The Hall–Kier alpha value is -3.75. The average Bonchev–Trinajstić information content (AvgIpc) is 3.30. The Morgan fingerprint density at radius 1 is 1.08 bits per heavy atom. The van der Waals surface area contributed by atoms with Crippen LogP contribution in [0.3, 0.4) is 0 Å². The zero-order valence-corrected chi connectivity index (χ0v) is 21.1. The summed E-state index contributed by atoms with van der Waals surface area (Å²) >= 11 is 0. The lowest BCUT2D eigenvalue weighted by Gasteiger charge is -2.38. The lowest BCUT2D eigenvalue weighted by Crippen LogP contribution is -2.48. The minimum atomic E-state index is -0.522. The molecule has 1 aromatic heterocycles. The Kier molecular flexibility index (Phi) is 6.82. The number of amides is 2. The van der Waals surface area contributed by atoms with Gasteiger partial charge >= 0.3 is 0 Å². The zero-order chi connectivity index (χ0) is 26.1. The molecule has 4 heterocycles. The predicted molar refractivity (Wildman–Crippen MR) is 141 cm³/mol. The number of hydrogen-bond donors (Lipinski definition) is 2. The fourth-order valence-electron chi connectivity index (χ4n) is 5.89. The van der Waals surface area contributed by atoms with Crippen LogP contribution in [0.25, 0.3) is 0 Å². The standard InChI is InChI=1S/C30H31N3O5/c34-18-27-30-25(15-23(37-27)16-29(36)33-12-9-20-3-1-2-4-21(20)17-33)24-14-22(5-6-26(24)38-30)32-28(35)13-19-7-10-31-11-8-19/h1-8,10-11,14,23,25,27,30,34H,9,12-13,15-18H2,(H,32,35)/t23-,25-,27-,30+/m1/s1. The molecule has 0 saturated carbocycles. The summed E-state index contributed by atoms with van der Waals surface area (Å²) in [6.45, 7) is 1.13. The van der Waals surface area contributed by atoms with Gasteiger partial charge in [-0.25, -0.2) is 0 Å². The van der Waals surface area contributed by atoms with E-state index in [2.05, 4.69) is 22.4 Å². The molecule has 8 heteroatoms. The summed E-state index contributed by atoms with van der Waals surface area (Å²) in [5, 5.41) is 13.1.